The third-order valence-electron chi connectivity index (χ3n) is 0.350. The number of rotatable bonds is 0. The van der Waals surface area contributed by atoms with Crippen LogP contribution in [0.1, 0.15) is 0 Å². The maximum atomic E-state index is 5.11. The van der Waals surface area contributed by atoms with E-state index >= 15 is 0 Å². The van der Waals surface area contributed by atoms with Crippen LogP contribution in [0.4, 0.5) is 0 Å². The van der Waals surface area contributed by atoms with Crippen LogP contribution in [0, 0.1) is 11.8 Å². The van der Waals surface area contributed by atoms with Crippen molar-refractivity contribution in [2.75, 3.05) is 6.54 Å². The van der Waals surface area contributed by atoms with E-state index in [-0.39, 0.29) is 0 Å². The minimum Gasteiger partial charge on any atom is -0.320 e. The molecule has 0 aromatic carbocycles. The summed E-state index contributed by atoms with van der Waals surface area (Å²) in [5, 5.41) is 0. The van der Waals surface area contributed by atoms with Gasteiger partial charge in [0.2, 0.25) is 0 Å². The highest BCUT2D eigenvalue weighted by Crippen LogP contribution is 1.72. The minimum atomic E-state index is 0.390. The van der Waals surface area contributed by atoms with Gasteiger partial charge < -0.3 is 5.73 Å². The van der Waals surface area contributed by atoms with Crippen LogP contribution in [0.5, 0.6) is 0 Å². The van der Waals surface area contributed by atoms with E-state index in [4.69, 9.17) is 17.3 Å². The summed E-state index contributed by atoms with van der Waals surface area (Å²) >= 11 is 5.11. The van der Waals surface area contributed by atoms with Gasteiger partial charge in [0.05, 0.1) is 6.54 Å². The zero-order valence-corrected chi connectivity index (χ0v) is 4.57. The van der Waals surface area contributed by atoms with Crippen molar-refractivity contribution in [3.63, 3.8) is 0 Å². The maximum absolute atomic E-state index is 5.11. The lowest BCUT2D eigenvalue weighted by atomic mass is 10.6. The Kier molecular flexibility index (Phi) is 5.19. The molecule has 0 aliphatic rings. The predicted octanol–water partition coefficient (Wildman–Crippen LogP) is 0.701. The van der Waals surface area contributed by atoms with Crippen LogP contribution >= 0.6 is 11.6 Å². The van der Waals surface area contributed by atoms with Crippen LogP contribution in [0.15, 0.2) is 11.6 Å². The van der Waals surface area contributed by atoms with E-state index in [9.17, 15) is 0 Å². The van der Waals surface area contributed by atoms with Crippen LogP contribution < -0.4 is 5.73 Å². The molecule has 0 bridgehead atoms. The SMILES string of the molecule is NCC#CC=CCl. The Labute approximate surface area is 48.2 Å². The van der Waals surface area contributed by atoms with Crippen molar-refractivity contribution in [3.8, 4) is 11.8 Å². The summed E-state index contributed by atoms with van der Waals surface area (Å²) in [6.07, 6.45) is 1.54. The van der Waals surface area contributed by atoms with Gasteiger partial charge in [-0.25, -0.2) is 0 Å². The summed E-state index contributed by atoms with van der Waals surface area (Å²) < 4.78 is 0. The molecule has 0 aromatic rings. The van der Waals surface area contributed by atoms with Crippen molar-refractivity contribution >= 4 is 11.6 Å². The van der Waals surface area contributed by atoms with Gasteiger partial charge in [0.15, 0.2) is 0 Å². The Hall–Kier alpha value is -0.450. The first-order valence-corrected chi connectivity index (χ1v) is 2.29. The van der Waals surface area contributed by atoms with E-state index in [1.54, 1.807) is 0 Å². The van der Waals surface area contributed by atoms with Crippen LogP contribution in [-0.4, -0.2) is 6.54 Å². The van der Waals surface area contributed by atoms with Gasteiger partial charge in [-0.1, -0.05) is 23.4 Å². The lowest BCUT2D eigenvalue weighted by Gasteiger charge is -1.64. The third kappa shape index (κ3) is 5.55. The molecule has 0 aliphatic carbocycles. The zero-order valence-electron chi connectivity index (χ0n) is 3.82. The van der Waals surface area contributed by atoms with Crippen molar-refractivity contribution in [2.24, 2.45) is 5.73 Å². The molecular weight excluding hydrogens is 110 g/mol. The average molecular weight is 116 g/mol. The van der Waals surface area contributed by atoms with Crippen LogP contribution in [-0.2, 0) is 0 Å². The molecule has 2 N–H and O–H groups in total. The van der Waals surface area contributed by atoms with Gasteiger partial charge in [-0.3, -0.25) is 0 Å². The molecule has 0 heterocycles. The summed E-state index contributed by atoms with van der Waals surface area (Å²) in [5.41, 5.74) is 6.37. The van der Waals surface area contributed by atoms with Crippen molar-refractivity contribution < 1.29 is 0 Å². The molecule has 0 atom stereocenters. The van der Waals surface area contributed by atoms with E-state index in [2.05, 4.69) is 11.8 Å². The molecule has 0 fully saturated rings. The van der Waals surface area contributed by atoms with Gasteiger partial charge in [0.1, 0.15) is 0 Å². The summed E-state index contributed by atoms with van der Waals surface area (Å²) in [6.45, 7) is 0.390. The molecule has 0 rings (SSSR count). The van der Waals surface area contributed by atoms with Crippen LogP contribution in [0.2, 0.25) is 0 Å². The fourth-order valence-corrected chi connectivity index (χ4v) is 0.212. The second kappa shape index (κ2) is 5.55. The molecular formula is C5H6ClN. The number of allylic oxidation sites excluding steroid dienone is 1. The van der Waals surface area contributed by atoms with Crippen molar-refractivity contribution in [1.82, 2.24) is 0 Å². The molecule has 0 saturated heterocycles. The number of hydrogen-bond acceptors (Lipinski definition) is 1. The molecule has 38 valence electrons. The quantitative estimate of drug-likeness (QED) is 0.462. The Morgan fingerprint density at radius 2 is 2.43 bits per heavy atom. The molecule has 0 amide bonds. The van der Waals surface area contributed by atoms with E-state index in [1.807, 2.05) is 0 Å². The maximum Gasteiger partial charge on any atom is 0.0554 e. The van der Waals surface area contributed by atoms with Crippen molar-refractivity contribution in [2.45, 2.75) is 0 Å². The summed E-state index contributed by atoms with van der Waals surface area (Å²) in [6, 6.07) is 0. The fourth-order valence-electron chi connectivity index (χ4n) is 0.149. The number of hydrogen-bond donors (Lipinski definition) is 1. The second-order valence-electron chi connectivity index (χ2n) is 0.818. The van der Waals surface area contributed by atoms with Gasteiger partial charge in [-0.2, -0.15) is 0 Å². The molecule has 0 aliphatic heterocycles. The average Bonchev–Trinajstić information content (AvgIpc) is 1.69. The molecule has 0 saturated carbocycles. The van der Waals surface area contributed by atoms with E-state index < -0.39 is 0 Å². The molecule has 1 nitrogen and oxygen atoms in total. The number of nitrogens with two attached hydrogens (primary N) is 1. The first kappa shape index (κ1) is 6.55. The van der Waals surface area contributed by atoms with E-state index in [0.717, 1.165) is 0 Å². The Morgan fingerprint density at radius 3 is 2.86 bits per heavy atom. The second-order valence-corrected chi connectivity index (χ2v) is 1.07. The van der Waals surface area contributed by atoms with Gasteiger partial charge in [0.25, 0.3) is 0 Å². The molecule has 0 spiro atoms. The molecule has 0 radical (unpaired) electrons. The lowest BCUT2D eigenvalue weighted by molar-refractivity contribution is 1.30. The smallest absolute Gasteiger partial charge is 0.0554 e. The normalized spacial score (nSPS) is 8.29. The van der Waals surface area contributed by atoms with Gasteiger partial charge in [0, 0.05) is 5.54 Å². The Bertz CT molecular complexity index is 107. The van der Waals surface area contributed by atoms with Crippen LogP contribution in [0.25, 0.3) is 0 Å². The number of halogens is 1. The Morgan fingerprint density at radius 1 is 1.71 bits per heavy atom. The molecule has 2 heteroatoms. The van der Waals surface area contributed by atoms with Crippen LogP contribution in [0.3, 0.4) is 0 Å². The zero-order chi connectivity index (χ0) is 5.54. The van der Waals surface area contributed by atoms with E-state index in [0.29, 0.717) is 6.54 Å². The van der Waals surface area contributed by atoms with E-state index in [1.165, 1.54) is 11.6 Å². The monoisotopic (exact) mass is 115 g/mol. The topological polar surface area (TPSA) is 26.0 Å². The van der Waals surface area contributed by atoms with Crippen molar-refractivity contribution in [1.29, 1.82) is 0 Å². The highest BCUT2D eigenvalue weighted by Gasteiger charge is 1.54. The molecule has 7 heavy (non-hydrogen) atoms. The Balaban J connectivity index is 3.25. The molecule has 0 unspecified atom stereocenters. The van der Waals surface area contributed by atoms with Gasteiger partial charge >= 0.3 is 0 Å². The third-order valence-corrected chi connectivity index (χ3v) is 0.476. The standard InChI is InChI=1S/C5H6ClN/c6-4-2-1-3-5-7/h2,4H,5,7H2. The lowest BCUT2D eigenvalue weighted by Crippen LogP contribution is -1.92. The van der Waals surface area contributed by atoms with Crippen molar-refractivity contribution in [3.05, 3.63) is 11.6 Å². The fraction of sp³-hybridized carbons (Fsp3) is 0.200. The minimum absolute atomic E-state index is 0.390. The summed E-state index contributed by atoms with van der Waals surface area (Å²) in [5.74, 6) is 5.20. The van der Waals surface area contributed by atoms with Gasteiger partial charge in [-0.15, -0.1) is 0 Å². The predicted molar refractivity (Wildman–Crippen MR) is 31.8 cm³/mol. The largest absolute Gasteiger partial charge is 0.320 e. The van der Waals surface area contributed by atoms with Gasteiger partial charge in [-0.05, 0) is 6.08 Å². The first-order chi connectivity index (χ1) is 3.41. The highest BCUT2D eigenvalue weighted by atomic mass is 35.5. The first-order valence-electron chi connectivity index (χ1n) is 1.85. The summed E-state index contributed by atoms with van der Waals surface area (Å²) in [7, 11) is 0. The molecule has 0 aromatic heterocycles. The highest BCUT2D eigenvalue weighted by molar-refractivity contribution is 6.25. The summed E-state index contributed by atoms with van der Waals surface area (Å²) in [4.78, 5) is 0.